The standard InChI is InChI=1S/C34H32N4O10/c1-45-29-17-25(27(37(41)42)19-31(29)47-21-23-9-5-3-6-10-23)33(39)35-13-15-36(16-14-35)34(40)26-18-30(46-2)32(20-28(26)38(43)44)48-22-24-11-7-4-8-12-24/h3-12,17-20H,13-16,21-22H2,1-2H3. The van der Waals surface area contributed by atoms with Gasteiger partial charge in [-0.15, -0.1) is 0 Å². The molecular formula is C34H32N4O10. The van der Waals surface area contributed by atoms with Gasteiger partial charge in [0.15, 0.2) is 23.0 Å². The van der Waals surface area contributed by atoms with Crippen molar-refractivity contribution in [1.29, 1.82) is 0 Å². The van der Waals surface area contributed by atoms with Crippen molar-refractivity contribution in [2.24, 2.45) is 0 Å². The van der Waals surface area contributed by atoms with Gasteiger partial charge in [0.05, 0.1) is 36.2 Å². The van der Waals surface area contributed by atoms with Crippen LogP contribution in [0.2, 0.25) is 0 Å². The lowest BCUT2D eigenvalue weighted by Gasteiger charge is -2.34. The van der Waals surface area contributed by atoms with Gasteiger partial charge in [0, 0.05) is 38.3 Å². The minimum Gasteiger partial charge on any atom is -0.493 e. The summed E-state index contributed by atoms with van der Waals surface area (Å²) < 4.78 is 22.4. The van der Waals surface area contributed by atoms with Crippen LogP contribution in [0.3, 0.4) is 0 Å². The Morgan fingerprint density at radius 1 is 0.604 bits per heavy atom. The molecule has 5 rings (SSSR count). The zero-order chi connectivity index (χ0) is 34.2. The molecule has 0 bridgehead atoms. The van der Waals surface area contributed by atoms with Crippen LogP contribution in [-0.2, 0) is 13.2 Å². The highest BCUT2D eigenvalue weighted by molar-refractivity contribution is 6.00. The van der Waals surface area contributed by atoms with Crippen LogP contribution in [0.25, 0.3) is 0 Å². The molecule has 248 valence electrons. The molecule has 0 saturated carbocycles. The van der Waals surface area contributed by atoms with Gasteiger partial charge < -0.3 is 28.7 Å². The predicted octanol–water partition coefficient (Wildman–Crippen LogP) is 5.28. The van der Waals surface area contributed by atoms with E-state index in [4.69, 9.17) is 18.9 Å². The van der Waals surface area contributed by atoms with Crippen LogP contribution in [-0.4, -0.2) is 71.9 Å². The lowest BCUT2D eigenvalue weighted by Crippen LogP contribution is -2.50. The molecule has 0 aromatic heterocycles. The number of carbonyl (C=O) groups excluding carboxylic acids is 2. The largest absolute Gasteiger partial charge is 0.493 e. The SMILES string of the molecule is COc1cc(C(=O)N2CCN(C(=O)c3cc(OC)c(OCc4ccccc4)cc3[N+](=O)[O-])CC2)c([N+](=O)[O-])cc1OCc1ccccc1. The maximum atomic E-state index is 13.6. The number of ether oxygens (including phenoxy) is 4. The summed E-state index contributed by atoms with van der Waals surface area (Å²) in [5, 5.41) is 24.0. The number of nitrogens with zero attached hydrogens (tertiary/aromatic N) is 4. The quantitative estimate of drug-likeness (QED) is 0.145. The number of carbonyl (C=O) groups is 2. The molecule has 1 aliphatic heterocycles. The van der Waals surface area contributed by atoms with Gasteiger partial charge in [0.1, 0.15) is 24.3 Å². The molecule has 0 aliphatic carbocycles. The Bertz CT molecular complexity index is 1680. The second-order valence-corrected chi connectivity index (χ2v) is 10.7. The minimum absolute atomic E-state index is 0.0273. The number of nitro benzene ring substituents is 2. The summed E-state index contributed by atoms with van der Waals surface area (Å²) in [5.41, 5.74) is 0.362. The summed E-state index contributed by atoms with van der Waals surface area (Å²) in [6.45, 7) is 0.369. The van der Waals surface area contributed by atoms with Gasteiger partial charge in [-0.05, 0) is 11.1 Å². The summed E-state index contributed by atoms with van der Waals surface area (Å²) >= 11 is 0. The smallest absolute Gasteiger partial charge is 0.286 e. The lowest BCUT2D eigenvalue weighted by atomic mass is 10.1. The van der Waals surface area contributed by atoms with E-state index in [1.807, 2.05) is 60.7 Å². The minimum atomic E-state index is -0.665. The number of hydrogen-bond donors (Lipinski definition) is 0. The van der Waals surface area contributed by atoms with E-state index >= 15 is 0 Å². The van der Waals surface area contributed by atoms with Gasteiger partial charge in [-0.2, -0.15) is 0 Å². The summed E-state index contributed by atoms with van der Waals surface area (Å²) in [7, 11) is 2.73. The van der Waals surface area contributed by atoms with Crippen LogP contribution in [0.5, 0.6) is 23.0 Å². The fourth-order valence-corrected chi connectivity index (χ4v) is 5.21. The Morgan fingerprint density at radius 2 is 0.958 bits per heavy atom. The fraction of sp³-hybridized carbons (Fsp3) is 0.235. The third-order valence-corrected chi connectivity index (χ3v) is 7.75. The molecule has 0 spiro atoms. The van der Waals surface area contributed by atoms with E-state index in [1.165, 1.54) is 36.2 Å². The molecule has 4 aromatic rings. The number of benzene rings is 4. The van der Waals surface area contributed by atoms with Crippen molar-refractivity contribution in [3.63, 3.8) is 0 Å². The van der Waals surface area contributed by atoms with E-state index in [0.717, 1.165) is 23.3 Å². The summed E-state index contributed by atoms with van der Waals surface area (Å²) in [6.07, 6.45) is 0. The van der Waals surface area contributed by atoms with Gasteiger partial charge in [0.25, 0.3) is 23.2 Å². The third kappa shape index (κ3) is 7.44. The Morgan fingerprint density at radius 3 is 1.27 bits per heavy atom. The number of hydrogen-bond acceptors (Lipinski definition) is 10. The molecule has 14 heteroatoms. The van der Waals surface area contributed by atoms with Crippen molar-refractivity contribution in [3.05, 3.63) is 127 Å². The van der Waals surface area contributed by atoms with Crippen LogP contribution in [0, 0.1) is 20.2 Å². The first kappa shape index (κ1) is 33.2. The van der Waals surface area contributed by atoms with E-state index < -0.39 is 33.0 Å². The average molecular weight is 657 g/mol. The van der Waals surface area contributed by atoms with Gasteiger partial charge in [-0.1, -0.05) is 60.7 Å². The molecular weight excluding hydrogens is 624 g/mol. The molecule has 1 saturated heterocycles. The van der Waals surface area contributed by atoms with Gasteiger partial charge in [0.2, 0.25) is 0 Å². The molecule has 0 radical (unpaired) electrons. The van der Waals surface area contributed by atoms with E-state index in [2.05, 4.69) is 0 Å². The zero-order valence-corrected chi connectivity index (χ0v) is 26.2. The fourth-order valence-electron chi connectivity index (χ4n) is 5.21. The van der Waals surface area contributed by atoms with E-state index in [1.54, 1.807) is 0 Å². The molecule has 4 aromatic carbocycles. The van der Waals surface area contributed by atoms with Crippen molar-refractivity contribution in [1.82, 2.24) is 9.80 Å². The number of nitro groups is 2. The molecule has 2 amide bonds. The summed E-state index contributed by atoms with van der Waals surface area (Å²) in [5.74, 6) is -0.761. The highest BCUT2D eigenvalue weighted by Crippen LogP contribution is 2.37. The maximum absolute atomic E-state index is 13.6. The monoisotopic (exact) mass is 656 g/mol. The number of methoxy groups -OCH3 is 2. The van der Waals surface area contributed by atoms with Crippen molar-refractivity contribution in [2.45, 2.75) is 13.2 Å². The van der Waals surface area contributed by atoms with Crippen LogP contribution >= 0.6 is 0 Å². The van der Waals surface area contributed by atoms with E-state index in [9.17, 15) is 29.8 Å². The molecule has 0 atom stereocenters. The molecule has 1 fully saturated rings. The van der Waals surface area contributed by atoms with Crippen molar-refractivity contribution in [2.75, 3.05) is 40.4 Å². The second kappa shape index (κ2) is 14.9. The molecule has 48 heavy (non-hydrogen) atoms. The van der Waals surface area contributed by atoms with Crippen LogP contribution in [0.1, 0.15) is 31.8 Å². The van der Waals surface area contributed by atoms with Gasteiger partial charge >= 0.3 is 0 Å². The topological polar surface area (TPSA) is 164 Å². The Labute approximate surface area is 275 Å². The van der Waals surface area contributed by atoms with Crippen LogP contribution in [0.4, 0.5) is 11.4 Å². The molecule has 14 nitrogen and oxygen atoms in total. The summed E-state index contributed by atoms with van der Waals surface area (Å²) in [4.78, 5) is 52.6. The maximum Gasteiger partial charge on any atom is 0.286 e. The third-order valence-electron chi connectivity index (χ3n) is 7.75. The van der Waals surface area contributed by atoms with E-state index in [0.29, 0.717) is 0 Å². The van der Waals surface area contributed by atoms with E-state index in [-0.39, 0.29) is 73.5 Å². The Balaban J connectivity index is 1.30. The van der Waals surface area contributed by atoms with Gasteiger partial charge in [-0.25, -0.2) is 0 Å². The Hall–Kier alpha value is -6.18. The van der Waals surface area contributed by atoms with Crippen LogP contribution < -0.4 is 18.9 Å². The highest BCUT2D eigenvalue weighted by Gasteiger charge is 2.34. The van der Waals surface area contributed by atoms with Gasteiger partial charge in [-0.3, -0.25) is 29.8 Å². The number of rotatable bonds is 12. The van der Waals surface area contributed by atoms with Crippen molar-refractivity contribution >= 4 is 23.2 Å². The normalized spacial score (nSPS) is 12.6. The van der Waals surface area contributed by atoms with Crippen molar-refractivity contribution in [3.8, 4) is 23.0 Å². The average Bonchev–Trinajstić information content (AvgIpc) is 3.12. The second-order valence-electron chi connectivity index (χ2n) is 10.7. The van der Waals surface area contributed by atoms with Crippen molar-refractivity contribution < 1.29 is 38.4 Å². The molecule has 0 N–H and O–H groups in total. The molecule has 1 heterocycles. The predicted molar refractivity (Wildman–Crippen MR) is 173 cm³/mol. The lowest BCUT2D eigenvalue weighted by molar-refractivity contribution is -0.385. The first-order valence-corrected chi connectivity index (χ1v) is 14.8. The summed E-state index contributed by atoms with van der Waals surface area (Å²) in [6, 6.07) is 23.3. The molecule has 0 unspecified atom stereocenters. The number of piperazine rings is 1. The first-order chi connectivity index (χ1) is 23.2. The highest BCUT2D eigenvalue weighted by atomic mass is 16.6. The first-order valence-electron chi connectivity index (χ1n) is 14.8. The zero-order valence-electron chi connectivity index (χ0n) is 26.2. The number of amides is 2. The van der Waals surface area contributed by atoms with Crippen LogP contribution in [0.15, 0.2) is 84.9 Å². The Kier molecular flexibility index (Phi) is 10.3. The molecule has 1 aliphatic rings.